The Labute approximate surface area is 194 Å². The third-order valence-corrected chi connectivity index (χ3v) is 6.45. The Morgan fingerprint density at radius 1 is 0.875 bits per heavy atom. The summed E-state index contributed by atoms with van der Waals surface area (Å²) >= 11 is 3.44. The summed E-state index contributed by atoms with van der Waals surface area (Å²) < 4.78 is 0.738. The Morgan fingerprint density at radius 3 is 2.38 bits per heavy atom. The molecule has 5 rings (SSSR count). The highest BCUT2D eigenvalue weighted by atomic mass is 79.9. The zero-order valence-electron chi connectivity index (χ0n) is 17.2. The lowest BCUT2D eigenvalue weighted by Crippen LogP contribution is -2.41. The highest BCUT2D eigenvalue weighted by molar-refractivity contribution is 9.10. The summed E-state index contributed by atoms with van der Waals surface area (Å²) in [5, 5.41) is 13.8. The molecule has 4 nitrogen and oxygen atoms in total. The number of Topliss-reactive ketones (excluding diaryl/α,β-unsaturated/α-hetero) is 1. The molecule has 0 fully saturated rings. The predicted octanol–water partition coefficient (Wildman–Crippen LogP) is 5.61. The molecular weight excluding hydrogens is 466 g/mol. The summed E-state index contributed by atoms with van der Waals surface area (Å²) in [6, 6.07) is 28.2. The maximum Gasteiger partial charge on any atom is 0.264 e. The van der Waals surface area contributed by atoms with Crippen molar-refractivity contribution in [3.05, 3.63) is 112 Å². The normalized spacial score (nSPS) is 17.6. The molecule has 5 heteroatoms. The van der Waals surface area contributed by atoms with Crippen LogP contribution in [0.2, 0.25) is 0 Å². The van der Waals surface area contributed by atoms with Crippen LogP contribution in [0.3, 0.4) is 0 Å². The van der Waals surface area contributed by atoms with Crippen molar-refractivity contribution in [3.63, 3.8) is 0 Å². The quantitative estimate of drug-likeness (QED) is 0.373. The van der Waals surface area contributed by atoms with Crippen molar-refractivity contribution in [2.24, 2.45) is 0 Å². The van der Waals surface area contributed by atoms with Crippen LogP contribution in [0, 0.1) is 0 Å². The highest BCUT2D eigenvalue weighted by Gasteiger charge is 2.51. The van der Waals surface area contributed by atoms with Crippen LogP contribution in [0.25, 0.3) is 10.8 Å². The highest BCUT2D eigenvalue weighted by Crippen LogP contribution is 2.44. The molecule has 1 N–H and O–H groups in total. The molecule has 0 radical (unpaired) electrons. The molecule has 0 aromatic heterocycles. The number of benzene rings is 4. The number of carbonyl (C=O) groups excluding carboxylic acids is 2. The van der Waals surface area contributed by atoms with Crippen molar-refractivity contribution in [2.45, 2.75) is 18.6 Å². The second-order valence-corrected chi connectivity index (χ2v) is 8.98. The van der Waals surface area contributed by atoms with E-state index < -0.39 is 11.5 Å². The fourth-order valence-electron chi connectivity index (χ4n) is 4.33. The first-order valence-electron chi connectivity index (χ1n) is 10.4. The van der Waals surface area contributed by atoms with Gasteiger partial charge in [-0.2, -0.15) is 0 Å². The number of ketones is 1. The molecule has 1 amide bonds. The molecule has 32 heavy (non-hydrogen) atoms. The molecule has 0 spiro atoms. The number of hydrogen-bond donors (Lipinski definition) is 1. The lowest BCUT2D eigenvalue weighted by Gasteiger charge is -2.23. The van der Waals surface area contributed by atoms with Gasteiger partial charge in [0.05, 0.1) is 18.7 Å². The van der Waals surface area contributed by atoms with Crippen LogP contribution in [-0.2, 0) is 16.9 Å². The number of carbonyl (C=O) groups is 2. The number of halogens is 1. The van der Waals surface area contributed by atoms with E-state index in [1.54, 1.807) is 35.2 Å². The van der Waals surface area contributed by atoms with E-state index in [0.717, 1.165) is 20.8 Å². The topological polar surface area (TPSA) is 57.6 Å². The van der Waals surface area contributed by atoms with E-state index in [2.05, 4.69) is 15.9 Å². The maximum atomic E-state index is 13.5. The number of hydrogen-bond acceptors (Lipinski definition) is 3. The molecule has 4 aromatic rings. The van der Waals surface area contributed by atoms with Gasteiger partial charge in [0.15, 0.2) is 11.4 Å². The first-order chi connectivity index (χ1) is 15.5. The van der Waals surface area contributed by atoms with Crippen molar-refractivity contribution < 1.29 is 14.7 Å². The van der Waals surface area contributed by atoms with E-state index in [-0.39, 0.29) is 12.2 Å². The molecule has 0 saturated heterocycles. The minimum Gasteiger partial charge on any atom is -0.375 e. The smallest absolute Gasteiger partial charge is 0.264 e. The molecule has 158 valence electrons. The van der Waals surface area contributed by atoms with Gasteiger partial charge in [0.1, 0.15) is 0 Å². The van der Waals surface area contributed by atoms with Crippen LogP contribution in [-0.4, -0.2) is 16.8 Å². The summed E-state index contributed by atoms with van der Waals surface area (Å²) in [4.78, 5) is 28.0. The Kier molecular flexibility index (Phi) is 5.16. The number of fused-ring (bicyclic) bond motifs is 2. The predicted molar refractivity (Wildman–Crippen MR) is 129 cm³/mol. The van der Waals surface area contributed by atoms with Crippen molar-refractivity contribution in [1.29, 1.82) is 0 Å². The maximum absolute atomic E-state index is 13.5. The van der Waals surface area contributed by atoms with Crippen LogP contribution >= 0.6 is 15.9 Å². The van der Waals surface area contributed by atoms with Gasteiger partial charge in [-0.25, -0.2) is 0 Å². The minimum absolute atomic E-state index is 0.278. The van der Waals surface area contributed by atoms with Gasteiger partial charge >= 0.3 is 0 Å². The zero-order chi connectivity index (χ0) is 22.3. The Hall–Kier alpha value is -3.28. The second-order valence-electron chi connectivity index (χ2n) is 8.06. The second kappa shape index (κ2) is 8.01. The number of rotatable bonds is 5. The standard InChI is InChI=1S/C27H20BrNO3/c28-22-12-13-24-23(15-22)27(32,16-25(30)20-7-2-1-3-8-20)26(31)29(24)17-18-10-11-19-6-4-5-9-21(19)14-18/h1-15,32H,16-17H2/t27-/m1/s1. The molecule has 0 aliphatic carbocycles. The van der Waals surface area contributed by atoms with Crippen molar-refractivity contribution in [2.75, 3.05) is 4.90 Å². The van der Waals surface area contributed by atoms with Crippen molar-refractivity contribution >= 4 is 44.1 Å². The van der Waals surface area contributed by atoms with E-state index in [1.807, 2.05) is 60.7 Å². The van der Waals surface area contributed by atoms with Crippen LogP contribution < -0.4 is 4.90 Å². The van der Waals surface area contributed by atoms with Gasteiger partial charge in [-0.05, 0) is 40.6 Å². The zero-order valence-corrected chi connectivity index (χ0v) is 18.7. The Bertz CT molecular complexity index is 1350. The lowest BCUT2D eigenvalue weighted by atomic mass is 9.88. The summed E-state index contributed by atoms with van der Waals surface area (Å²) in [5.74, 6) is -0.761. The molecule has 0 saturated carbocycles. The van der Waals surface area contributed by atoms with Crippen molar-refractivity contribution in [1.82, 2.24) is 0 Å². The summed E-state index contributed by atoms with van der Waals surface area (Å²) in [5.41, 5.74) is 0.572. The van der Waals surface area contributed by atoms with Crippen LogP contribution in [0.15, 0.2) is 95.5 Å². The fourth-order valence-corrected chi connectivity index (χ4v) is 4.69. The SMILES string of the molecule is O=C(C[C@]1(O)C(=O)N(Cc2ccc3ccccc3c2)c2ccc(Br)cc21)c1ccccc1. The first-order valence-corrected chi connectivity index (χ1v) is 11.2. The molecule has 1 heterocycles. The third kappa shape index (κ3) is 3.53. The number of amides is 1. The van der Waals surface area contributed by atoms with E-state index in [9.17, 15) is 14.7 Å². The summed E-state index contributed by atoms with van der Waals surface area (Å²) in [6.07, 6.45) is -0.312. The number of anilines is 1. The molecule has 0 bridgehead atoms. The molecule has 0 unspecified atom stereocenters. The first kappa shape index (κ1) is 20.6. The minimum atomic E-state index is -1.91. The molecule has 1 aliphatic heterocycles. The molecule has 1 atom stereocenters. The number of nitrogens with zero attached hydrogens (tertiary/aromatic N) is 1. The Balaban J connectivity index is 1.52. The van der Waals surface area contributed by atoms with Crippen LogP contribution in [0.5, 0.6) is 0 Å². The van der Waals surface area contributed by atoms with Crippen molar-refractivity contribution in [3.8, 4) is 0 Å². The van der Waals surface area contributed by atoms with Crippen LogP contribution in [0.1, 0.15) is 27.9 Å². The van der Waals surface area contributed by atoms with E-state index >= 15 is 0 Å². The van der Waals surface area contributed by atoms with Gasteiger partial charge < -0.3 is 10.0 Å². The average molecular weight is 486 g/mol. The van der Waals surface area contributed by atoms with Crippen LogP contribution in [0.4, 0.5) is 5.69 Å². The monoisotopic (exact) mass is 485 g/mol. The van der Waals surface area contributed by atoms with Gasteiger partial charge in [0.25, 0.3) is 5.91 Å². The van der Waals surface area contributed by atoms with Gasteiger partial charge in [-0.1, -0.05) is 82.7 Å². The van der Waals surface area contributed by atoms with Gasteiger partial charge in [-0.3, -0.25) is 9.59 Å². The third-order valence-electron chi connectivity index (χ3n) is 5.96. The van der Waals surface area contributed by atoms with Gasteiger partial charge in [0, 0.05) is 15.6 Å². The van der Waals surface area contributed by atoms with Gasteiger partial charge in [-0.15, -0.1) is 0 Å². The van der Waals surface area contributed by atoms with E-state index in [4.69, 9.17) is 0 Å². The largest absolute Gasteiger partial charge is 0.375 e. The fraction of sp³-hybridized carbons (Fsp3) is 0.111. The molecule has 1 aliphatic rings. The average Bonchev–Trinajstić information content (AvgIpc) is 3.01. The Morgan fingerprint density at radius 2 is 1.59 bits per heavy atom. The van der Waals surface area contributed by atoms with Gasteiger partial charge in [0.2, 0.25) is 0 Å². The molecule has 4 aromatic carbocycles. The summed E-state index contributed by atoms with van der Waals surface area (Å²) in [6.45, 7) is 0.306. The summed E-state index contributed by atoms with van der Waals surface area (Å²) in [7, 11) is 0. The lowest BCUT2D eigenvalue weighted by molar-refractivity contribution is -0.136. The number of aliphatic hydroxyl groups is 1. The van der Waals surface area contributed by atoms with E-state index in [1.165, 1.54) is 0 Å². The molecular formula is C27H20BrNO3. The van der Waals surface area contributed by atoms with E-state index in [0.29, 0.717) is 23.4 Å².